The Bertz CT molecular complexity index is 1210. The molecule has 2 aliphatic rings. The molecule has 10 heteroatoms. The van der Waals surface area contributed by atoms with Crippen LogP contribution in [0.5, 0.6) is 0 Å². The summed E-state index contributed by atoms with van der Waals surface area (Å²) >= 11 is 1.33. The zero-order valence-corrected chi connectivity index (χ0v) is 17.7. The van der Waals surface area contributed by atoms with E-state index >= 15 is 0 Å². The first-order valence-corrected chi connectivity index (χ1v) is 12.0. The molecule has 0 unspecified atom stereocenters. The number of hydrogen-bond donors (Lipinski definition) is 1. The summed E-state index contributed by atoms with van der Waals surface area (Å²) in [6, 6.07) is 16.0. The molecule has 31 heavy (non-hydrogen) atoms. The molecule has 0 bridgehead atoms. The van der Waals surface area contributed by atoms with Crippen LogP contribution in [0.2, 0.25) is 0 Å². The van der Waals surface area contributed by atoms with Gasteiger partial charge in [-0.1, -0.05) is 30.0 Å². The van der Waals surface area contributed by atoms with Crippen molar-refractivity contribution in [1.82, 2.24) is 0 Å². The third-order valence-corrected chi connectivity index (χ3v) is 8.10. The van der Waals surface area contributed by atoms with Gasteiger partial charge in [0.2, 0.25) is 0 Å². The van der Waals surface area contributed by atoms with E-state index in [1.807, 2.05) is 41.3 Å². The second-order valence-corrected chi connectivity index (χ2v) is 10.4. The fourth-order valence-corrected chi connectivity index (χ4v) is 7.35. The number of amides is 1. The van der Waals surface area contributed by atoms with Gasteiger partial charge in [0.05, 0.1) is 23.7 Å². The predicted octanol–water partition coefficient (Wildman–Crippen LogP) is 2.95. The zero-order chi connectivity index (χ0) is 22.0. The second-order valence-electron chi connectivity index (χ2n) is 7.03. The summed E-state index contributed by atoms with van der Waals surface area (Å²) in [4.78, 5) is 18.6. The minimum absolute atomic E-state index is 0.0262. The monoisotopic (exact) mass is 456 g/mol. The Hall–Kier alpha value is -3.16. The quantitative estimate of drug-likeness (QED) is 0.561. The van der Waals surface area contributed by atoms with E-state index in [1.165, 1.54) is 42.2 Å². The predicted molar refractivity (Wildman–Crippen MR) is 119 cm³/mol. The Labute approximate surface area is 183 Å². The number of sulfone groups is 1. The van der Waals surface area contributed by atoms with Crippen molar-refractivity contribution in [2.24, 2.45) is 4.99 Å². The number of benzene rings is 2. The van der Waals surface area contributed by atoms with Gasteiger partial charge in [-0.3, -0.25) is 4.79 Å². The fraction of sp³-hybridized carbons (Fsp3) is 0.190. The molecule has 0 aliphatic carbocycles. The van der Waals surface area contributed by atoms with Crippen LogP contribution in [0.25, 0.3) is 0 Å². The number of anilines is 2. The molecule has 4 rings (SSSR count). The smallest absolute Gasteiger partial charge is 0.267 e. The number of thioether (sulfide) groups is 1. The number of fused-ring (bicyclic) bond motifs is 1. The van der Waals surface area contributed by atoms with Crippen molar-refractivity contribution in [2.75, 3.05) is 21.7 Å². The minimum Gasteiger partial charge on any atom is -0.321 e. The molecule has 2 aliphatic heterocycles. The number of carbonyl (C=O) groups is 1. The lowest BCUT2D eigenvalue weighted by Crippen LogP contribution is -2.37. The standard InChI is InChI=1S/C21H17FN4O3S2/c22-15-6-8-16(9-7-15)25-20(27)14(10-23)11-24-21-26(17-4-2-1-3-5-17)18-12-31(28,29)13-19(18)30-21/h1-9,11,18-19H,12-13H2,(H,25,27)/b14-11+,24-21?/t18-,19-/m1/s1. The normalized spacial score (nSPS) is 23.4. The van der Waals surface area contributed by atoms with Gasteiger partial charge in [-0.2, -0.15) is 5.26 Å². The molecule has 1 N–H and O–H groups in total. The van der Waals surface area contributed by atoms with Gasteiger partial charge in [-0.15, -0.1) is 0 Å². The number of hydrogen-bond acceptors (Lipinski definition) is 6. The highest BCUT2D eigenvalue weighted by Gasteiger charge is 2.49. The SMILES string of the molecule is N#C/C(=C\N=C1S[C@@H]2CS(=O)(=O)C[C@H]2N1c1ccccc1)C(=O)Nc1ccc(F)cc1. The highest BCUT2D eigenvalue weighted by Crippen LogP contribution is 2.40. The molecule has 0 spiro atoms. The van der Waals surface area contributed by atoms with E-state index in [2.05, 4.69) is 10.3 Å². The molecule has 158 valence electrons. The Morgan fingerprint density at radius 1 is 1.19 bits per heavy atom. The number of halogens is 1. The molecule has 2 fully saturated rings. The largest absolute Gasteiger partial charge is 0.321 e. The van der Waals surface area contributed by atoms with Gasteiger partial charge in [0.25, 0.3) is 5.91 Å². The van der Waals surface area contributed by atoms with E-state index in [-0.39, 0.29) is 28.4 Å². The number of para-hydroxylation sites is 1. The first kappa shape index (κ1) is 21.1. The Morgan fingerprint density at radius 2 is 1.90 bits per heavy atom. The van der Waals surface area contributed by atoms with Crippen molar-refractivity contribution in [2.45, 2.75) is 11.3 Å². The third kappa shape index (κ3) is 4.62. The molecule has 2 saturated heterocycles. The molecule has 0 saturated carbocycles. The molecule has 7 nitrogen and oxygen atoms in total. The van der Waals surface area contributed by atoms with Gasteiger partial charge in [0, 0.05) is 16.6 Å². The summed E-state index contributed by atoms with van der Waals surface area (Å²) in [5.41, 5.74) is 0.914. The van der Waals surface area contributed by atoms with Crippen molar-refractivity contribution >= 4 is 44.0 Å². The maximum absolute atomic E-state index is 13.0. The molecular formula is C21H17FN4O3S2. The number of nitrogens with zero attached hydrogens (tertiary/aromatic N) is 3. The van der Waals surface area contributed by atoms with Crippen LogP contribution in [0.15, 0.2) is 71.4 Å². The van der Waals surface area contributed by atoms with E-state index in [4.69, 9.17) is 0 Å². The van der Waals surface area contributed by atoms with Crippen LogP contribution in [0.4, 0.5) is 15.8 Å². The third-order valence-electron chi connectivity index (χ3n) is 4.87. The maximum atomic E-state index is 13.0. The van der Waals surface area contributed by atoms with Crippen molar-refractivity contribution in [3.8, 4) is 6.07 Å². The molecular weight excluding hydrogens is 439 g/mol. The Balaban J connectivity index is 1.61. The Morgan fingerprint density at radius 3 is 2.58 bits per heavy atom. The first-order chi connectivity index (χ1) is 14.9. The summed E-state index contributed by atoms with van der Waals surface area (Å²) in [5, 5.41) is 12.3. The van der Waals surface area contributed by atoms with Crippen LogP contribution < -0.4 is 10.2 Å². The fourth-order valence-electron chi connectivity index (χ4n) is 3.46. The molecule has 1 amide bonds. The highest BCUT2D eigenvalue weighted by atomic mass is 32.2. The van der Waals surface area contributed by atoms with Gasteiger partial charge < -0.3 is 10.2 Å². The van der Waals surface area contributed by atoms with E-state index in [1.54, 1.807) is 0 Å². The molecule has 2 atom stereocenters. The minimum atomic E-state index is -3.13. The second kappa shape index (κ2) is 8.53. The molecule has 0 radical (unpaired) electrons. The molecule has 2 heterocycles. The van der Waals surface area contributed by atoms with Crippen LogP contribution in [-0.2, 0) is 14.6 Å². The highest BCUT2D eigenvalue weighted by molar-refractivity contribution is 8.16. The molecule has 2 aromatic rings. The lowest BCUT2D eigenvalue weighted by Gasteiger charge is -2.24. The summed E-state index contributed by atoms with van der Waals surface area (Å²) < 4.78 is 37.3. The molecule has 2 aromatic carbocycles. The van der Waals surface area contributed by atoms with Gasteiger partial charge in [0.1, 0.15) is 17.5 Å². The number of nitriles is 1. The lowest BCUT2D eigenvalue weighted by molar-refractivity contribution is -0.112. The summed E-state index contributed by atoms with van der Waals surface area (Å²) in [6.45, 7) is 0. The van der Waals surface area contributed by atoms with Crippen molar-refractivity contribution in [3.05, 3.63) is 72.2 Å². The number of aliphatic imine (C=N–C) groups is 1. The van der Waals surface area contributed by atoms with Crippen LogP contribution >= 0.6 is 11.8 Å². The van der Waals surface area contributed by atoms with Crippen LogP contribution in [0.3, 0.4) is 0 Å². The molecule has 0 aromatic heterocycles. The van der Waals surface area contributed by atoms with Crippen LogP contribution in [-0.4, -0.2) is 42.3 Å². The summed E-state index contributed by atoms with van der Waals surface area (Å²) in [7, 11) is -3.13. The van der Waals surface area contributed by atoms with E-state index < -0.39 is 21.6 Å². The number of amidine groups is 1. The summed E-state index contributed by atoms with van der Waals surface area (Å²) in [6.07, 6.45) is 1.17. The van der Waals surface area contributed by atoms with Crippen molar-refractivity contribution in [3.63, 3.8) is 0 Å². The number of rotatable bonds is 4. The maximum Gasteiger partial charge on any atom is 0.267 e. The summed E-state index contributed by atoms with van der Waals surface area (Å²) in [5.74, 6) is -1.02. The van der Waals surface area contributed by atoms with E-state index in [9.17, 15) is 22.9 Å². The van der Waals surface area contributed by atoms with Gasteiger partial charge in [-0.05, 0) is 36.4 Å². The average molecular weight is 457 g/mol. The number of carbonyl (C=O) groups excluding carboxylic acids is 1. The number of nitrogens with one attached hydrogen (secondary N) is 1. The lowest BCUT2D eigenvalue weighted by atomic mass is 10.2. The Kier molecular flexibility index (Phi) is 5.80. The van der Waals surface area contributed by atoms with E-state index in [0.717, 1.165) is 5.69 Å². The van der Waals surface area contributed by atoms with Crippen LogP contribution in [0.1, 0.15) is 0 Å². The van der Waals surface area contributed by atoms with Gasteiger partial charge in [0.15, 0.2) is 15.0 Å². The zero-order valence-electron chi connectivity index (χ0n) is 16.1. The van der Waals surface area contributed by atoms with Crippen molar-refractivity contribution in [1.29, 1.82) is 5.26 Å². The van der Waals surface area contributed by atoms with E-state index in [0.29, 0.717) is 10.9 Å². The van der Waals surface area contributed by atoms with Crippen molar-refractivity contribution < 1.29 is 17.6 Å². The average Bonchev–Trinajstić information content (AvgIpc) is 3.21. The van der Waals surface area contributed by atoms with Crippen LogP contribution in [0, 0.1) is 17.1 Å². The van der Waals surface area contributed by atoms with Gasteiger partial charge in [-0.25, -0.2) is 17.8 Å². The topological polar surface area (TPSA) is 103 Å². The van der Waals surface area contributed by atoms with Gasteiger partial charge >= 0.3 is 0 Å². The first-order valence-electron chi connectivity index (χ1n) is 9.32.